The van der Waals surface area contributed by atoms with Crippen LogP contribution in [-0.2, 0) is 21.4 Å². The lowest BCUT2D eigenvalue weighted by Crippen LogP contribution is -2.27. The van der Waals surface area contributed by atoms with E-state index >= 15 is 0 Å². The molecule has 1 aliphatic rings. The molecule has 1 amide bonds. The van der Waals surface area contributed by atoms with Gasteiger partial charge in [-0.1, -0.05) is 12.1 Å². The SMILES string of the molecule is CNCc1cccc(N2CC(CS(N)(=O)=O)CC2=O)c1. The average molecular weight is 297 g/mol. The number of rotatable bonds is 5. The maximum Gasteiger partial charge on any atom is 0.227 e. The lowest BCUT2D eigenvalue weighted by atomic mass is 10.1. The summed E-state index contributed by atoms with van der Waals surface area (Å²) in [5, 5.41) is 8.10. The van der Waals surface area contributed by atoms with Crippen molar-refractivity contribution in [3.63, 3.8) is 0 Å². The predicted octanol–water partition coefficient (Wildman–Crippen LogP) is 0.0474. The minimum Gasteiger partial charge on any atom is -0.316 e. The molecule has 0 saturated carbocycles. The van der Waals surface area contributed by atoms with Crippen LogP contribution in [0.4, 0.5) is 5.69 Å². The van der Waals surface area contributed by atoms with Crippen LogP contribution in [0.2, 0.25) is 0 Å². The highest BCUT2D eigenvalue weighted by Crippen LogP contribution is 2.26. The molecule has 1 aliphatic heterocycles. The maximum absolute atomic E-state index is 12.0. The van der Waals surface area contributed by atoms with Crippen molar-refractivity contribution in [2.45, 2.75) is 13.0 Å². The van der Waals surface area contributed by atoms with E-state index in [4.69, 9.17) is 5.14 Å². The van der Waals surface area contributed by atoms with Crippen molar-refractivity contribution in [1.29, 1.82) is 0 Å². The van der Waals surface area contributed by atoms with Crippen LogP contribution in [-0.4, -0.2) is 33.7 Å². The smallest absolute Gasteiger partial charge is 0.227 e. The van der Waals surface area contributed by atoms with Gasteiger partial charge in [-0.25, -0.2) is 13.6 Å². The molecule has 0 bridgehead atoms. The standard InChI is InChI=1S/C13H19N3O3S/c1-15-7-10-3-2-4-12(5-10)16-8-11(6-13(16)17)9-20(14,18)19/h2-5,11,15H,6-9H2,1H3,(H2,14,18,19). The number of nitrogens with two attached hydrogens (primary N) is 1. The Hall–Kier alpha value is -1.44. The first-order valence-corrected chi connectivity index (χ1v) is 8.15. The number of benzene rings is 1. The summed E-state index contributed by atoms with van der Waals surface area (Å²) in [6, 6.07) is 7.66. The van der Waals surface area contributed by atoms with Crippen molar-refractivity contribution in [1.82, 2.24) is 5.32 Å². The van der Waals surface area contributed by atoms with Crippen LogP contribution in [0.5, 0.6) is 0 Å². The molecule has 110 valence electrons. The van der Waals surface area contributed by atoms with E-state index in [0.29, 0.717) is 6.54 Å². The van der Waals surface area contributed by atoms with Crippen LogP contribution in [0.1, 0.15) is 12.0 Å². The predicted molar refractivity (Wildman–Crippen MR) is 77.6 cm³/mol. The molecule has 1 heterocycles. The molecule has 2 rings (SSSR count). The molecule has 1 aromatic carbocycles. The van der Waals surface area contributed by atoms with Crippen molar-refractivity contribution < 1.29 is 13.2 Å². The molecule has 20 heavy (non-hydrogen) atoms. The van der Waals surface area contributed by atoms with E-state index in [0.717, 1.165) is 17.8 Å². The van der Waals surface area contributed by atoms with Crippen molar-refractivity contribution in [3.05, 3.63) is 29.8 Å². The Morgan fingerprint density at radius 2 is 2.20 bits per heavy atom. The summed E-state index contributed by atoms with van der Waals surface area (Å²) in [5.74, 6) is -0.434. The normalized spacial score (nSPS) is 19.6. The van der Waals surface area contributed by atoms with Gasteiger partial charge in [-0.05, 0) is 24.7 Å². The minimum absolute atomic E-state index is 0.0553. The fourth-order valence-electron chi connectivity index (χ4n) is 2.51. The molecular weight excluding hydrogens is 278 g/mol. The third-order valence-corrected chi connectivity index (χ3v) is 4.21. The molecule has 1 fully saturated rings. The second-order valence-electron chi connectivity index (χ2n) is 5.10. The van der Waals surface area contributed by atoms with Gasteiger partial charge in [0.05, 0.1) is 5.75 Å². The zero-order valence-corrected chi connectivity index (χ0v) is 12.2. The van der Waals surface area contributed by atoms with E-state index in [1.54, 1.807) is 4.90 Å². The molecule has 6 nitrogen and oxygen atoms in total. The highest BCUT2D eigenvalue weighted by molar-refractivity contribution is 7.89. The van der Waals surface area contributed by atoms with Gasteiger partial charge in [-0.2, -0.15) is 0 Å². The maximum atomic E-state index is 12.0. The third kappa shape index (κ3) is 3.78. The largest absolute Gasteiger partial charge is 0.316 e. The molecule has 0 spiro atoms. The number of hydrogen-bond donors (Lipinski definition) is 2. The first-order chi connectivity index (χ1) is 9.39. The molecular formula is C13H19N3O3S. The average Bonchev–Trinajstić information content (AvgIpc) is 2.68. The Labute approximate surface area is 119 Å². The van der Waals surface area contributed by atoms with Gasteiger partial charge in [0.2, 0.25) is 15.9 Å². The Morgan fingerprint density at radius 3 is 2.85 bits per heavy atom. The molecule has 1 aromatic rings. The Morgan fingerprint density at radius 1 is 1.45 bits per heavy atom. The Bertz CT molecular complexity index is 601. The Kier molecular flexibility index (Phi) is 4.42. The highest BCUT2D eigenvalue weighted by Gasteiger charge is 2.32. The first kappa shape index (κ1) is 15.0. The molecule has 0 aromatic heterocycles. The molecule has 1 unspecified atom stereocenters. The first-order valence-electron chi connectivity index (χ1n) is 6.43. The second-order valence-corrected chi connectivity index (χ2v) is 6.76. The number of carbonyl (C=O) groups excluding carboxylic acids is 1. The fraction of sp³-hybridized carbons (Fsp3) is 0.462. The van der Waals surface area contributed by atoms with Gasteiger partial charge >= 0.3 is 0 Å². The molecule has 1 atom stereocenters. The summed E-state index contributed by atoms with van der Waals surface area (Å²) in [7, 11) is -1.69. The summed E-state index contributed by atoms with van der Waals surface area (Å²) in [6.07, 6.45) is 0.229. The van der Waals surface area contributed by atoms with Gasteiger partial charge in [0.25, 0.3) is 0 Å². The second kappa shape index (κ2) is 5.90. The summed E-state index contributed by atoms with van der Waals surface area (Å²) >= 11 is 0. The van der Waals surface area contributed by atoms with Gasteiger partial charge in [0.1, 0.15) is 0 Å². The number of sulfonamides is 1. The van der Waals surface area contributed by atoms with E-state index in [2.05, 4.69) is 5.32 Å². The number of nitrogens with one attached hydrogen (secondary N) is 1. The third-order valence-electron chi connectivity index (χ3n) is 3.28. The number of hydrogen-bond acceptors (Lipinski definition) is 4. The quantitative estimate of drug-likeness (QED) is 0.803. The van der Waals surface area contributed by atoms with Crippen LogP contribution in [0.3, 0.4) is 0 Å². The fourth-order valence-corrected chi connectivity index (χ4v) is 3.39. The van der Waals surface area contributed by atoms with Gasteiger partial charge in [-0.3, -0.25) is 4.79 Å². The van der Waals surface area contributed by atoms with Crippen LogP contribution in [0.25, 0.3) is 0 Å². The lowest BCUT2D eigenvalue weighted by molar-refractivity contribution is -0.117. The van der Waals surface area contributed by atoms with E-state index in [9.17, 15) is 13.2 Å². The van der Waals surface area contributed by atoms with Crippen molar-refractivity contribution in [2.75, 3.05) is 24.2 Å². The number of amides is 1. The van der Waals surface area contributed by atoms with E-state index in [-0.39, 0.29) is 24.0 Å². The molecule has 0 radical (unpaired) electrons. The van der Waals surface area contributed by atoms with Crippen LogP contribution in [0.15, 0.2) is 24.3 Å². The monoisotopic (exact) mass is 297 g/mol. The van der Waals surface area contributed by atoms with Crippen LogP contribution >= 0.6 is 0 Å². The summed E-state index contributed by atoms with van der Waals surface area (Å²) in [6.45, 7) is 1.12. The van der Waals surface area contributed by atoms with Crippen LogP contribution in [0, 0.1) is 5.92 Å². The number of nitrogens with zero attached hydrogens (tertiary/aromatic N) is 1. The topological polar surface area (TPSA) is 92.5 Å². The van der Waals surface area contributed by atoms with Crippen molar-refractivity contribution in [3.8, 4) is 0 Å². The summed E-state index contributed by atoms with van der Waals surface area (Å²) in [4.78, 5) is 13.6. The highest BCUT2D eigenvalue weighted by atomic mass is 32.2. The Balaban J connectivity index is 2.13. The molecule has 7 heteroatoms. The molecule has 3 N–H and O–H groups in total. The summed E-state index contributed by atoms with van der Waals surface area (Å²) < 4.78 is 22.2. The minimum atomic E-state index is -3.54. The van der Waals surface area contributed by atoms with E-state index in [1.807, 2.05) is 31.3 Å². The van der Waals surface area contributed by atoms with E-state index in [1.165, 1.54) is 0 Å². The molecule has 0 aliphatic carbocycles. The zero-order valence-electron chi connectivity index (χ0n) is 11.4. The number of anilines is 1. The number of primary sulfonamides is 1. The summed E-state index contributed by atoms with van der Waals surface area (Å²) in [5.41, 5.74) is 1.88. The molecule has 1 saturated heterocycles. The van der Waals surface area contributed by atoms with Crippen molar-refractivity contribution in [2.24, 2.45) is 11.1 Å². The van der Waals surface area contributed by atoms with Crippen LogP contribution < -0.4 is 15.4 Å². The number of carbonyl (C=O) groups is 1. The van der Waals surface area contributed by atoms with Gasteiger partial charge in [-0.15, -0.1) is 0 Å². The van der Waals surface area contributed by atoms with Gasteiger partial charge in [0, 0.05) is 31.1 Å². The van der Waals surface area contributed by atoms with Gasteiger partial charge < -0.3 is 10.2 Å². The van der Waals surface area contributed by atoms with E-state index < -0.39 is 10.0 Å². The lowest BCUT2D eigenvalue weighted by Gasteiger charge is -2.17. The zero-order chi connectivity index (χ0) is 14.8. The van der Waals surface area contributed by atoms with Gasteiger partial charge in [0.15, 0.2) is 0 Å². The van der Waals surface area contributed by atoms with Crippen molar-refractivity contribution >= 4 is 21.6 Å².